The van der Waals surface area contributed by atoms with Crippen LogP contribution in [0.4, 0.5) is 0 Å². The average Bonchev–Trinajstić information content (AvgIpc) is 2.34. The largest absolute Gasteiger partial charge is 0.497 e. The Labute approximate surface area is 99.5 Å². The van der Waals surface area contributed by atoms with Crippen LogP contribution in [0.1, 0.15) is 11.7 Å². The van der Waals surface area contributed by atoms with Crippen LogP contribution in [0, 0.1) is 22.5 Å². The summed E-state index contributed by atoms with van der Waals surface area (Å²) in [6, 6.07) is 6.90. The number of hydrogen-bond donors (Lipinski definition) is 0. The van der Waals surface area contributed by atoms with Gasteiger partial charge in [-0.15, -0.1) is 6.42 Å². The molecule has 0 N–H and O–H groups in total. The van der Waals surface area contributed by atoms with Crippen LogP contribution in [-0.4, -0.2) is 25.2 Å². The summed E-state index contributed by atoms with van der Waals surface area (Å²) < 4.78 is 10.2. The molecule has 0 aliphatic heterocycles. The third-order valence-electron chi connectivity index (χ3n) is 2.17. The summed E-state index contributed by atoms with van der Waals surface area (Å²) in [5, 5.41) is 10.5. The Balaban J connectivity index is 2.80. The first-order chi connectivity index (χ1) is 8.17. The molecule has 1 atom stereocenters. The Morgan fingerprint density at radius 1 is 1.47 bits per heavy atom. The van der Waals surface area contributed by atoms with Gasteiger partial charge in [0.2, 0.25) is 6.54 Å². The van der Waals surface area contributed by atoms with Gasteiger partial charge in [-0.1, -0.05) is 18.1 Å². The lowest BCUT2D eigenvalue weighted by molar-refractivity contribution is -0.492. The Morgan fingerprint density at radius 3 is 2.59 bits per heavy atom. The van der Waals surface area contributed by atoms with Crippen LogP contribution in [0.25, 0.3) is 0 Å². The fourth-order valence-corrected chi connectivity index (χ4v) is 1.36. The van der Waals surface area contributed by atoms with Gasteiger partial charge in [-0.3, -0.25) is 10.1 Å². The number of rotatable bonds is 6. The zero-order chi connectivity index (χ0) is 12.7. The molecule has 0 spiro atoms. The molecule has 5 nitrogen and oxygen atoms in total. The molecule has 0 saturated carbocycles. The minimum atomic E-state index is -0.632. The van der Waals surface area contributed by atoms with E-state index in [2.05, 4.69) is 5.92 Å². The number of nitrogens with zero attached hydrogens (tertiary/aromatic N) is 1. The van der Waals surface area contributed by atoms with E-state index in [1.54, 1.807) is 31.4 Å². The molecule has 1 aromatic rings. The molecule has 0 bridgehead atoms. The first-order valence-corrected chi connectivity index (χ1v) is 4.98. The zero-order valence-corrected chi connectivity index (χ0v) is 9.46. The summed E-state index contributed by atoms with van der Waals surface area (Å²) in [4.78, 5) is 10.1. The fraction of sp³-hybridized carbons (Fsp3) is 0.333. The first kappa shape index (κ1) is 13.0. The van der Waals surface area contributed by atoms with Gasteiger partial charge in [0, 0.05) is 4.92 Å². The monoisotopic (exact) mass is 235 g/mol. The molecule has 1 unspecified atom stereocenters. The second-order valence-electron chi connectivity index (χ2n) is 3.29. The zero-order valence-electron chi connectivity index (χ0n) is 9.46. The van der Waals surface area contributed by atoms with Crippen LogP contribution in [0.3, 0.4) is 0 Å². The third-order valence-corrected chi connectivity index (χ3v) is 2.17. The molecule has 90 valence electrons. The summed E-state index contributed by atoms with van der Waals surface area (Å²) in [6.07, 6.45) is 4.43. The van der Waals surface area contributed by atoms with Gasteiger partial charge in [0.25, 0.3) is 0 Å². The summed E-state index contributed by atoms with van der Waals surface area (Å²) in [7, 11) is 1.55. The van der Waals surface area contributed by atoms with Crippen LogP contribution in [0.15, 0.2) is 24.3 Å². The maximum Gasteiger partial charge on any atom is 0.233 e. The van der Waals surface area contributed by atoms with Gasteiger partial charge >= 0.3 is 0 Å². The second-order valence-corrected chi connectivity index (χ2v) is 3.29. The third kappa shape index (κ3) is 4.13. The highest BCUT2D eigenvalue weighted by Gasteiger charge is 2.18. The normalized spacial score (nSPS) is 11.5. The molecule has 0 amide bonds. The van der Waals surface area contributed by atoms with Crippen molar-refractivity contribution in [2.45, 2.75) is 6.10 Å². The van der Waals surface area contributed by atoms with E-state index in [1.165, 1.54) is 0 Å². The summed E-state index contributed by atoms with van der Waals surface area (Å²) in [5.74, 6) is 2.98. The molecular formula is C12H13NO4. The predicted octanol–water partition coefficient (Wildman–Crippen LogP) is 1.66. The highest BCUT2D eigenvalue weighted by atomic mass is 16.6. The first-order valence-electron chi connectivity index (χ1n) is 4.98. The molecule has 0 radical (unpaired) electrons. The number of ether oxygens (including phenoxy) is 2. The minimum Gasteiger partial charge on any atom is -0.497 e. The Kier molecular flexibility index (Phi) is 4.98. The van der Waals surface area contributed by atoms with Crippen LogP contribution in [-0.2, 0) is 4.74 Å². The maximum absolute atomic E-state index is 10.5. The highest BCUT2D eigenvalue weighted by Crippen LogP contribution is 2.20. The van der Waals surface area contributed by atoms with E-state index in [0.717, 1.165) is 0 Å². The van der Waals surface area contributed by atoms with E-state index in [1.807, 2.05) is 0 Å². The van der Waals surface area contributed by atoms with Crippen molar-refractivity contribution in [2.75, 3.05) is 20.3 Å². The molecule has 0 heterocycles. The van der Waals surface area contributed by atoms with Crippen molar-refractivity contribution in [3.63, 3.8) is 0 Å². The number of methoxy groups -OCH3 is 1. The van der Waals surface area contributed by atoms with Crippen LogP contribution >= 0.6 is 0 Å². The summed E-state index contributed by atoms with van der Waals surface area (Å²) >= 11 is 0. The van der Waals surface area contributed by atoms with Crippen LogP contribution in [0.2, 0.25) is 0 Å². The van der Waals surface area contributed by atoms with Crippen LogP contribution in [0.5, 0.6) is 5.75 Å². The molecule has 17 heavy (non-hydrogen) atoms. The standard InChI is InChI=1S/C12H13NO4/c1-3-8-17-12(9-13(14)15)10-4-6-11(16-2)7-5-10/h1,4-7,12H,8-9H2,2H3. The Hall–Kier alpha value is -2.06. The van der Waals surface area contributed by atoms with Crippen molar-refractivity contribution >= 4 is 0 Å². The molecule has 0 aromatic heterocycles. The second kappa shape index (κ2) is 6.51. The molecule has 0 aliphatic rings. The van der Waals surface area contributed by atoms with E-state index in [0.29, 0.717) is 11.3 Å². The van der Waals surface area contributed by atoms with Gasteiger partial charge in [-0.05, 0) is 17.7 Å². The lowest BCUT2D eigenvalue weighted by atomic mass is 10.1. The van der Waals surface area contributed by atoms with Crippen molar-refractivity contribution in [2.24, 2.45) is 0 Å². The van der Waals surface area contributed by atoms with Crippen molar-refractivity contribution in [3.05, 3.63) is 39.9 Å². The van der Waals surface area contributed by atoms with Crippen molar-refractivity contribution in [3.8, 4) is 18.1 Å². The van der Waals surface area contributed by atoms with Gasteiger partial charge in [0.1, 0.15) is 18.5 Å². The van der Waals surface area contributed by atoms with Crippen molar-refractivity contribution in [1.29, 1.82) is 0 Å². The Morgan fingerprint density at radius 2 is 2.12 bits per heavy atom. The summed E-state index contributed by atoms with van der Waals surface area (Å²) in [6.45, 7) is -0.265. The molecular weight excluding hydrogens is 222 g/mol. The number of terminal acetylenes is 1. The van der Waals surface area contributed by atoms with Gasteiger partial charge in [0.05, 0.1) is 7.11 Å². The van der Waals surface area contributed by atoms with E-state index in [9.17, 15) is 10.1 Å². The van der Waals surface area contributed by atoms with Gasteiger partial charge in [-0.25, -0.2) is 0 Å². The number of benzene rings is 1. The van der Waals surface area contributed by atoms with E-state index < -0.39 is 11.0 Å². The topological polar surface area (TPSA) is 61.6 Å². The molecule has 5 heteroatoms. The lowest BCUT2D eigenvalue weighted by Gasteiger charge is -2.13. The molecule has 0 saturated heterocycles. The molecule has 0 fully saturated rings. The maximum atomic E-state index is 10.5. The fourth-order valence-electron chi connectivity index (χ4n) is 1.36. The number of nitro groups is 1. The van der Waals surface area contributed by atoms with E-state index >= 15 is 0 Å². The van der Waals surface area contributed by atoms with Crippen molar-refractivity contribution in [1.82, 2.24) is 0 Å². The van der Waals surface area contributed by atoms with Crippen molar-refractivity contribution < 1.29 is 14.4 Å². The van der Waals surface area contributed by atoms with Gasteiger partial charge in [0.15, 0.2) is 0 Å². The smallest absolute Gasteiger partial charge is 0.233 e. The quantitative estimate of drug-likeness (QED) is 0.427. The molecule has 1 aromatic carbocycles. The van der Waals surface area contributed by atoms with Gasteiger partial charge < -0.3 is 9.47 Å². The van der Waals surface area contributed by atoms with Crippen LogP contribution < -0.4 is 4.74 Å². The van der Waals surface area contributed by atoms with E-state index in [4.69, 9.17) is 15.9 Å². The SMILES string of the molecule is C#CCOC(C[N+](=O)[O-])c1ccc(OC)cc1. The Bertz CT molecular complexity index is 408. The van der Waals surface area contributed by atoms with E-state index in [-0.39, 0.29) is 13.2 Å². The highest BCUT2D eigenvalue weighted by molar-refractivity contribution is 5.28. The number of hydrogen-bond acceptors (Lipinski definition) is 4. The average molecular weight is 235 g/mol. The minimum absolute atomic E-state index is 0.0462. The summed E-state index contributed by atoms with van der Waals surface area (Å²) in [5.41, 5.74) is 0.706. The lowest BCUT2D eigenvalue weighted by Crippen LogP contribution is -2.16. The van der Waals surface area contributed by atoms with Gasteiger partial charge in [-0.2, -0.15) is 0 Å². The molecule has 0 aliphatic carbocycles. The predicted molar refractivity (Wildman–Crippen MR) is 62.4 cm³/mol. The molecule has 1 rings (SSSR count).